The summed E-state index contributed by atoms with van der Waals surface area (Å²) in [4.78, 5) is 11.1. The van der Waals surface area contributed by atoms with Gasteiger partial charge in [0.05, 0.1) is 12.1 Å². The highest BCUT2D eigenvalue weighted by Gasteiger charge is 2.28. The molecule has 0 aromatic rings. The standard InChI is InChI=1S/C9H17NO3/c1-6(11)9(12)10-7-4-3-5-8(7)13-2/h6-8,11H,3-5H2,1-2H3,(H,10,12)/t6-,7?,8?/m1/s1. The summed E-state index contributed by atoms with van der Waals surface area (Å²) < 4.78 is 5.21. The Morgan fingerprint density at radius 1 is 1.62 bits per heavy atom. The fourth-order valence-corrected chi connectivity index (χ4v) is 1.68. The van der Waals surface area contributed by atoms with E-state index in [2.05, 4.69) is 5.32 Å². The number of nitrogens with one attached hydrogen (secondary N) is 1. The Morgan fingerprint density at radius 2 is 2.31 bits per heavy atom. The Labute approximate surface area is 78.3 Å². The van der Waals surface area contributed by atoms with Gasteiger partial charge < -0.3 is 15.2 Å². The van der Waals surface area contributed by atoms with Gasteiger partial charge in [-0.1, -0.05) is 0 Å². The maximum atomic E-state index is 11.1. The molecule has 76 valence electrons. The van der Waals surface area contributed by atoms with Crippen LogP contribution in [-0.2, 0) is 9.53 Å². The number of rotatable bonds is 3. The Morgan fingerprint density at radius 3 is 2.85 bits per heavy atom. The molecule has 13 heavy (non-hydrogen) atoms. The molecule has 0 aliphatic heterocycles. The van der Waals surface area contributed by atoms with Crippen molar-refractivity contribution in [2.75, 3.05) is 7.11 Å². The van der Waals surface area contributed by atoms with E-state index in [0.717, 1.165) is 19.3 Å². The highest BCUT2D eigenvalue weighted by Crippen LogP contribution is 2.21. The van der Waals surface area contributed by atoms with Crippen molar-refractivity contribution in [1.82, 2.24) is 5.32 Å². The van der Waals surface area contributed by atoms with Gasteiger partial charge in [-0.3, -0.25) is 4.79 Å². The van der Waals surface area contributed by atoms with Crippen LogP contribution in [0.3, 0.4) is 0 Å². The normalized spacial score (nSPS) is 30.1. The molecule has 1 fully saturated rings. The molecule has 1 amide bonds. The molecule has 3 atom stereocenters. The van der Waals surface area contributed by atoms with E-state index in [9.17, 15) is 4.79 Å². The Hall–Kier alpha value is -0.610. The number of hydrogen-bond donors (Lipinski definition) is 2. The molecule has 2 unspecified atom stereocenters. The molecule has 0 heterocycles. The smallest absolute Gasteiger partial charge is 0.248 e. The number of carbonyl (C=O) groups excluding carboxylic acids is 1. The molecule has 4 heteroatoms. The third-order valence-corrected chi connectivity index (χ3v) is 2.46. The zero-order valence-corrected chi connectivity index (χ0v) is 8.12. The van der Waals surface area contributed by atoms with Crippen LogP contribution in [0.2, 0.25) is 0 Å². The second-order valence-corrected chi connectivity index (χ2v) is 3.50. The zero-order valence-electron chi connectivity index (χ0n) is 8.12. The predicted molar refractivity (Wildman–Crippen MR) is 48.3 cm³/mol. The maximum absolute atomic E-state index is 11.1. The number of ether oxygens (including phenoxy) is 1. The summed E-state index contributed by atoms with van der Waals surface area (Å²) in [6.07, 6.45) is 2.18. The molecule has 2 N–H and O–H groups in total. The highest BCUT2D eigenvalue weighted by molar-refractivity contribution is 5.80. The summed E-state index contributed by atoms with van der Waals surface area (Å²) in [5, 5.41) is 11.8. The van der Waals surface area contributed by atoms with Crippen LogP contribution in [0.4, 0.5) is 0 Å². The maximum Gasteiger partial charge on any atom is 0.248 e. The summed E-state index contributed by atoms with van der Waals surface area (Å²) in [6.45, 7) is 1.46. The van der Waals surface area contributed by atoms with Crippen molar-refractivity contribution in [2.24, 2.45) is 0 Å². The van der Waals surface area contributed by atoms with E-state index in [0.29, 0.717) is 0 Å². The minimum atomic E-state index is -0.932. The fourth-order valence-electron chi connectivity index (χ4n) is 1.68. The number of hydrogen-bond acceptors (Lipinski definition) is 3. The van der Waals surface area contributed by atoms with E-state index in [1.54, 1.807) is 7.11 Å². The van der Waals surface area contributed by atoms with Crippen molar-refractivity contribution in [3.63, 3.8) is 0 Å². The van der Waals surface area contributed by atoms with Crippen molar-refractivity contribution in [2.45, 2.75) is 44.4 Å². The number of methoxy groups -OCH3 is 1. The lowest BCUT2D eigenvalue weighted by Gasteiger charge is -2.20. The lowest BCUT2D eigenvalue weighted by molar-refractivity contribution is -0.130. The van der Waals surface area contributed by atoms with Gasteiger partial charge in [0.2, 0.25) is 5.91 Å². The number of amides is 1. The molecular formula is C9H17NO3. The predicted octanol–water partition coefficient (Wildman–Crippen LogP) is 0.0509. The Bertz CT molecular complexity index is 182. The monoisotopic (exact) mass is 187 g/mol. The van der Waals surface area contributed by atoms with Gasteiger partial charge in [-0.05, 0) is 26.2 Å². The molecule has 0 bridgehead atoms. The Kier molecular flexibility index (Phi) is 3.69. The van der Waals surface area contributed by atoms with Gasteiger partial charge in [0.15, 0.2) is 0 Å². The van der Waals surface area contributed by atoms with E-state index in [1.807, 2.05) is 0 Å². The van der Waals surface area contributed by atoms with Crippen LogP contribution in [0.5, 0.6) is 0 Å². The first kappa shape index (κ1) is 10.5. The molecule has 1 aliphatic rings. The van der Waals surface area contributed by atoms with Crippen molar-refractivity contribution in [3.05, 3.63) is 0 Å². The summed E-state index contributed by atoms with van der Waals surface area (Å²) in [5.74, 6) is -0.311. The molecule has 0 radical (unpaired) electrons. The lowest BCUT2D eigenvalue weighted by atomic mass is 10.2. The van der Waals surface area contributed by atoms with Crippen molar-refractivity contribution < 1.29 is 14.6 Å². The molecule has 1 rings (SSSR count). The van der Waals surface area contributed by atoms with Gasteiger partial charge in [0.1, 0.15) is 6.10 Å². The van der Waals surface area contributed by atoms with Crippen LogP contribution in [0.1, 0.15) is 26.2 Å². The van der Waals surface area contributed by atoms with Crippen molar-refractivity contribution in [3.8, 4) is 0 Å². The van der Waals surface area contributed by atoms with Gasteiger partial charge in [0.25, 0.3) is 0 Å². The van der Waals surface area contributed by atoms with Crippen LogP contribution >= 0.6 is 0 Å². The van der Waals surface area contributed by atoms with Crippen LogP contribution in [0, 0.1) is 0 Å². The van der Waals surface area contributed by atoms with Gasteiger partial charge in [0, 0.05) is 7.11 Å². The van der Waals surface area contributed by atoms with Crippen molar-refractivity contribution in [1.29, 1.82) is 0 Å². The van der Waals surface area contributed by atoms with Crippen LogP contribution in [0.15, 0.2) is 0 Å². The minimum Gasteiger partial charge on any atom is -0.384 e. The summed E-state index contributed by atoms with van der Waals surface area (Å²) in [6, 6.07) is 0.0760. The molecule has 0 aromatic heterocycles. The van der Waals surface area contributed by atoms with Crippen LogP contribution < -0.4 is 5.32 Å². The average molecular weight is 187 g/mol. The quantitative estimate of drug-likeness (QED) is 0.656. The largest absolute Gasteiger partial charge is 0.384 e. The van der Waals surface area contributed by atoms with Crippen LogP contribution in [0.25, 0.3) is 0 Å². The lowest BCUT2D eigenvalue weighted by Crippen LogP contribution is -2.44. The molecule has 4 nitrogen and oxygen atoms in total. The third kappa shape index (κ3) is 2.67. The first-order valence-electron chi connectivity index (χ1n) is 4.66. The van der Waals surface area contributed by atoms with E-state index in [1.165, 1.54) is 6.92 Å². The first-order chi connectivity index (χ1) is 6.15. The van der Waals surface area contributed by atoms with Gasteiger partial charge in [-0.25, -0.2) is 0 Å². The first-order valence-corrected chi connectivity index (χ1v) is 4.66. The zero-order chi connectivity index (χ0) is 9.84. The van der Waals surface area contributed by atoms with Gasteiger partial charge in [-0.15, -0.1) is 0 Å². The summed E-state index contributed by atoms with van der Waals surface area (Å²) in [5.41, 5.74) is 0. The van der Waals surface area contributed by atoms with E-state index >= 15 is 0 Å². The summed E-state index contributed by atoms with van der Waals surface area (Å²) in [7, 11) is 1.65. The topological polar surface area (TPSA) is 58.6 Å². The Balaban J connectivity index is 2.39. The fraction of sp³-hybridized carbons (Fsp3) is 0.889. The van der Waals surface area contributed by atoms with E-state index < -0.39 is 6.10 Å². The average Bonchev–Trinajstić information content (AvgIpc) is 2.51. The van der Waals surface area contributed by atoms with Crippen LogP contribution in [-0.4, -0.2) is 36.4 Å². The van der Waals surface area contributed by atoms with Gasteiger partial charge in [-0.2, -0.15) is 0 Å². The number of aliphatic hydroxyl groups is 1. The molecule has 0 aromatic carbocycles. The van der Waals surface area contributed by atoms with E-state index in [4.69, 9.17) is 9.84 Å². The number of carbonyl (C=O) groups is 1. The molecule has 1 saturated carbocycles. The molecule has 0 spiro atoms. The molecule has 1 aliphatic carbocycles. The second-order valence-electron chi connectivity index (χ2n) is 3.50. The second kappa shape index (κ2) is 4.58. The number of aliphatic hydroxyl groups excluding tert-OH is 1. The van der Waals surface area contributed by atoms with Crippen molar-refractivity contribution >= 4 is 5.91 Å². The minimum absolute atomic E-state index is 0.0760. The summed E-state index contributed by atoms with van der Waals surface area (Å²) >= 11 is 0. The van der Waals surface area contributed by atoms with E-state index in [-0.39, 0.29) is 18.1 Å². The molecular weight excluding hydrogens is 170 g/mol. The molecule has 0 saturated heterocycles. The third-order valence-electron chi connectivity index (χ3n) is 2.46. The SMILES string of the molecule is COC1CCCC1NC(=O)[C@@H](C)O. The highest BCUT2D eigenvalue weighted by atomic mass is 16.5. The van der Waals surface area contributed by atoms with Gasteiger partial charge >= 0.3 is 0 Å².